The molecule has 4 rings (SSSR count). The second-order valence-electron chi connectivity index (χ2n) is 7.19. The van der Waals surface area contributed by atoms with E-state index >= 15 is 0 Å². The Bertz CT molecular complexity index is 1230. The van der Waals surface area contributed by atoms with Crippen molar-refractivity contribution in [2.45, 2.75) is 17.3 Å². The smallest absolute Gasteiger partial charge is 0.415 e. The zero-order valence-electron chi connectivity index (χ0n) is 17.4. The Hall–Kier alpha value is -3.30. The Morgan fingerprint density at radius 3 is 2.18 bits per heavy atom. The molecule has 0 aliphatic heterocycles. The first-order valence-corrected chi connectivity index (χ1v) is 11.4. The van der Waals surface area contributed by atoms with Crippen LogP contribution in [0.5, 0.6) is 0 Å². The quantitative estimate of drug-likeness (QED) is 0.286. The standard InChI is InChI=1S/C24H17ClF3N3O2S/c25-18-12-11-17(24(26,27)28)13-19(18)29-20(32)14-34-23-31-30-22(33-23)21(15-7-3-1-4-8-15)16-9-5-2-6-10-16/h1-13,21H,14H2,(H,29,32). The van der Waals surface area contributed by atoms with E-state index in [-0.39, 0.29) is 27.6 Å². The molecule has 0 saturated heterocycles. The molecule has 34 heavy (non-hydrogen) atoms. The van der Waals surface area contributed by atoms with Crippen molar-refractivity contribution in [2.24, 2.45) is 0 Å². The average molecular weight is 504 g/mol. The van der Waals surface area contributed by atoms with E-state index in [0.717, 1.165) is 41.1 Å². The number of thioether (sulfide) groups is 1. The first-order valence-electron chi connectivity index (χ1n) is 10.0. The number of carbonyl (C=O) groups is 1. The minimum absolute atomic E-state index is 0.00000876. The van der Waals surface area contributed by atoms with E-state index in [0.29, 0.717) is 5.89 Å². The molecule has 0 bridgehead atoms. The number of alkyl halides is 3. The third kappa shape index (κ3) is 5.78. The number of hydrogen-bond donors (Lipinski definition) is 1. The number of nitrogens with zero attached hydrogens (tertiary/aromatic N) is 2. The van der Waals surface area contributed by atoms with Crippen LogP contribution in [-0.2, 0) is 11.0 Å². The van der Waals surface area contributed by atoms with Crippen LogP contribution in [0.25, 0.3) is 0 Å². The van der Waals surface area contributed by atoms with Crippen molar-refractivity contribution < 1.29 is 22.4 Å². The highest BCUT2D eigenvalue weighted by atomic mass is 35.5. The molecule has 0 spiro atoms. The summed E-state index contributed by atoms with van der Waals surface area (Å²) in [6, 6.07) is 22.1. The lowest BCUT2D eigenvalue weighted by Gasteiger charge is -2.13. The molecule has 0 unspecified atom stereocenters. The van der Waals surface area contributed by atoms with Crippen molar-refractivity contribution in [1.29, 1.82) is 0 Å². The van der Waals surface area contributed by atoms with E-state index < -0.39 is 17.6 Å². The minimum Gasteiger partial charge on any atom is -0.415 e. The van der Waals surface area contributed by atoms with Gasteiger partial charge in [0.25, 0.3) is 5.22 Å². The molecule has 0 atom stereocenters. The van der Waals surface area contributed by atoms with Gasteiger partial charge in [-0.05, 0) is 29.3 Å². The molecule has 0 aliphatic carbocycles. The van der Waals surface area contributed by atoms with E-state index in [4.69, 9.17) is 16.0 Å². The van der Waals surface area contributed by atoms with Gasteiger partial charge in [-0.3, -0.25) is 4.79 Å². The van der Waals surface area contributed by atoms with Gasteiger partial charge in [-0.15, -0.1) is 10.2 Å². The Labute approximate surface area is 202 Å². The molecule has 1 amide bonds. The number of halogens is 4. The normalized spacial score (nSPS) is 11.6. The predicted molar refractivity (Wildman–Crippen MR) is 124 cm³/mol. The molecule has 1 aromatic heterocycles. The number of amides is 1. The molecule has 0 aliphatic rings. The maximum absolute atomic E-state index is 12.9. The van der Waals surface area contributed by atoms with Crippen LogP contribution in [0.3, 0.4) is 0 Å². The van der Waals surface area contributed by atoms with Gasteiger partial charge in [0.05, 0.1) is 27.9 Å². The second kappa shape index (κ2) is 10.3. The molecule has 0 fully saturated rings. The number of carbonyl (C=O) groups excluding carboxylic acids is 1. The summed E-state index contributed by atoms with van der Waals surface area (Å²) >= 11 is 6.91. The van der Waals surface area contributed by atoms with Crippen molar-refractivity contribution in [1.82, 2.24) is 10.2 Å². The van der Waals surface area contributed by atoms with Crippen molar-refractivity contribution in [2.75, 3.05) is 11.1 Å². The molecule has 174 valence electrons. The van der Waals surface area contributed by atoms with Gasteiger partial charge >= 0.3 is 6.18 Å². The highest BCUT2D eigenvalue weighted by Crippen LogP contribution is 2.34. The van der Waals surface area contributed by atoms with Gasteiger partial charge in [0.1, 0.15) is 0 Å². The summed E-state index contributed by atoms with van der Waals surface area (Å²) < 4.78 is 44.6. The van der Waals surface area contributed by atoms with Crippen molar-refractivity contribution >= 4 is 35.0 Å². The summed E-state index contributed by atoms with van der Waals surface area (Å²) in [5.41, 5.74) is 0.896. The van der Waals surface area contributed by atoms with E-state index in [2.05, 4.69) is 15.5 Å². The van der Waals surface area contributed by atoms with Crippen LogP contribution in [0.15, 0.2) is 88.5 Å². The van der Waals surface area contributed by atoms with Crippen LogP contribution in [0.4, 0.5) is 18.9 Å². The number of rotatable bonds is 7. The summed E-state index contributed by atoms with van der Waals surface area (Å²) in [4.78, 5) is 12.3. The molecule has 10 heteroatoms. The molecule has 4 aromatic rings. The van der Waals surface area contributed by atoms with Crippen LogP contribution < -0.4 is 5.32 Å². The zero-order chi connectivity index (χ0) is 24.1. The molecule has 0 saturated carbocycles. The molecule has 1 N–H and O–H groups in total. The van der Waals surface area contributed by atoms with Gasteiger partial charge < -0.3 is 9.73 Å². The van der Waals surface area contributed by atoms with Gasteiger partial charge in [0, 0.05) is 0 Å². The van der Waals surface area contributed by atoms with Crippen LogP contribution in [-0.4, -0.2) is 21.9 Å². The maximum Gasteiger partial charge on any atom is 0.416 e. The molecule has 5 nitrogen and oxygen atoms in total. The fourth-order valence-electron chi connectivity index (χ4n) is 3.27. The second-order valence-corrected chi connectivity index (χ2v) is 8.52. The van der Waals surface area contributed by atoms with E-state index in [1.807, 2.05) is 60.7 Å². The molecule has 1 heterocycles. The monoisotopic (exact) mass is 503 g/mol. The van der Waals surface area contributed by atoms with Crippen LogP contribution in [0.2, 0.25) is 5.02 Å². The highest BCUT2D eigenvalue weighted by molar-refractivity contribution is 7.99. The summed E-state index contributed by atoms with van der Waals surface area (Å²) in [6.45, 7) is 0. The van der Waals surface area contributed by atoms with Gasteiger partial charge in [-0.1, -0.05) is 84.0 Å². The lowest BCUT2D eigenvalue weighted by Crippen LogP contribution is -2.15. The SMILES string of the molecule is O=C(CSc1nnc(C(c2ccccc2)c2ccccc2)o1)Nc1cc(C(F)(F)F)ccc1Cl. The van der Waals surface area contributed by atoms with E-state index in [9.17, 15) is 18.0 Å². The first kappa shape index (κ1) is 23.8. The van der Waals surface area contributed by atoms with Gasteiger partial charge in [0.2, 0.25) is 11.8 Å². The van der Waals surface area contributed by atoms with Crippen molar-refractivity contribution in [3.63, 3.8) is 0 Å². The van der Waals surface area contributed by atoms with Gasteiger partial charge in [-0.25, -0.2) is 0 Å². The van der Waals surface area contributed by atoms with Gasteiger partial charge in [-0.2, -0.15) is 13.2 Å². The topological polar surface area (TPSA) is 68.0 Å². The average Bonchev–Trinajstić information content (AvgIpc) is 3.28. The third-order valence-electron chi connectivity index (χ3n) is 4.83. The van der Waals surface area contributed by atoms with E-state index in [1.165, 1.54) is 0 Å². The van der Waals surface area contributed by atoms with Crippen LogP contribution in [0, 0.1) is 0 Å². The molecule has 3 aromatic carbocycles. The fourth-order valence-corrected chi connectivity index (χ4v) is 4.01. The third-order valence-corrected chi connectivity index (χ3v) is 5.98. The molecular weight excluding hydrogens is 487 g/mol. The van der Waals surface area contributed by atoms with Gasteiger partial charge in [0.15, 0.2) is 0 Å². The summed E-state index contributed by atoms with van der Waals surface area (Å²) in [6.07, 6.45) is -4.55. The predicted octanol–water partition coefficient (Wildman–Crippen LogP) is 6.65. The summed E-state index contributed by atoms with van der Waals surface area (Å²) in [5.74, 6) is -0.646. The highest BCUT2D eigenvalue weighted by Gasteiger charge is 2.31. The Morgan fingerprint density at radius 1 is 0.971 bits per heavy atom. The summed E-state index contributed by atoms with van der Waals surface area (Å²) in [7, 11) is 0. The number of nitrogens with one attached hydrogen (secondary N) is 1. The zero-order valence-corrected chi connectivity index (χ0v) is 19.0. The fraction of sp³-hybridized carbons (Fsp3) is 0.125. The number of hydrogen-bond acceptors (Lipinski definition) is 5. The lowest BCUT2D eigenvalue weighted by molar-refractivity contribution is -0.137. The van der Waals surface area contributed by atoms with Crippen LogP contribution in [0.1, 0.15) is 28.5 Å². The number of aromatic nitrogens is 2. The molecule has 0 radical (unpaired) electrons. The first-order chi connectivity index (χ1) is 16.3. The van der Waals surface area contributed by atoms with Crippen LogP contribution >= 0.6 is 23.4 Å². The minimum atomic E-state index is -4.55. The number of benzene rings is 3. The lowest BCUT2D eigenvalue weighted by atomic mass is 9.91. The number of anilines is 1. The van der Waals surface area contributed by atoms with Crippen molar-refractivity contribution in [3.8, 4) is 0 Å². The largest absolute Gasteiger partial charge is 0.416 e. The Balaban J connectivity index is 1.46. The Kier molecular flexibility index (Phi) is 7.23. The Morgan fingerprint density at radius 2 is 1.59 bits per heavy atom. The maximum atomic E-state index is 12.9. The molecular formula is C24H17ClF3N3O2S. The van der Waals surface area contributed by atoms with E-state index in [1.54, 1.807) is 0 Å². The summed E-state index contributed by atoms with van der Waals surface area (Å²) in [5, 5.41) is 10.7. The van der Waals surface area contributed by atoms with Crippen molar-refractivity contribution in [3.05, 3.63) is 106 Å².